The quantitative estimate of drug-likeness (QED) is 0.459. The molecule has 2 heterocycles. The van der Waals surface area contributed by atoms with Gasteiger partial charge < -0.3 is 19.6 Å². The lowest BCUT2D eigenvalue weighted by Gasteiger charge is -2.12. The molecule has 5 rings (SSSR count). The maximum atomic E-state index is 12.6. The van der Waals surface area contributed by atoms with Crippen molar-refractivity contribution in [2.24, 2.45) is 0 Å². The molecule has 0 radical (unpaired) electrons. The van der Waals surface area contributed by atoms with Crippen LogP contribution in [0, 0.1) is 0 Å². The number of imidazole rings is 1. The van der Waals surface area contributed by atoms with Gasteiger partial charge in [0, 0.05) is 36.6 Å². The number of rotatable bonds is 4. The van der Waals surface area contributed by atoms with Crippen LogP contribution in [0.3, 0.4) is 0 Å². The van der Waals surface area contributed by atoms with Crippen molar-refractivity contribution in [1.82, 2.24) is 15.0 Å². The van der Waals surface area contributed by atoms with Crippen molar-refractivity contribution >= 4 is 39.4 Å². The summed E-state index contributed by atoms with van der Waals surface area (Å²) in [4.78, 5) is 26.8. The van der Waals surface area contributed by atoms with E-state index in [1.165, 1.54) is 6.39 Å². The van der Waals surface area contributed by atoms with Gasteiger partial charge in [0.2, 0.25) is 0 Å². The molecule has 148 valence electrons. The van der Waals surface area contributed by atoms with E-state index in [1.54, 1.807) is 0 Å². The molecule has 7 nitrogen and oxygen atoms in total. The molecule has 30 heavy (non-hydrogen) atoms. The Labute approximate surface area is 172 Å². The maximum absolute atomic E-state index is 12.6. The first-order valence-electron chi connectivity index (χ1n) is 9.49. The predicted octanol–water partition coefficient (Wildman–Crippen LogP) is 4.69. The highest BCUT2D eigenvalue weighted by atomic mass is 16.3. The number of nitrogens with one attached hydrogen (secondary N) is 2. The zero-order chi connectivity index (χ0) is 20.7. The van der Waals surface area contributed by atoms with Gasteiger partial charge in [-0.15, -0.1) is 0 Å². The number of nitrogens with zero attached hydrogens (tertiary/aromatic N) is 3. The zero-order valence-corrected chi connectivity index (χ0v) is 16.5. The number of carbonyl (C=O) groups is 1. The number of hydrogen-bond acceptors (Lipinski definition) is 5. The van der Waals surface area contributed by atoms with E-state index in [0.29, 0.717) is 11.3 Å². The van der Waals surface area contributed by atoms with Crippen molar-refractivity contribution in [2.45, 2.75) is 0 Å². The minimum atomic E-state index is -0.160. The number of fused-ring (bicyclic) bond motifs is 2. The van der Waals surface area contributed by atoms with Crippen LogP contribution in [-0.4, -0.2) is 35.0 Å². The Hall–Kier alpha value is -4.13. The van der Waals surface area contributed by atoms with E-state index in [0.717, 1.165) is 39.2 Å². The lowest BCUT2D eigenvalue weighted by molar-refractivity contribution is 0.102. The summed E-state index contributed by atoms with van der Waals surface area (Å²) in [7, 11) is 3.93. The van der Waals surface area contributed by atoms with Crippen molar-refractivity contribution in [2.75, 3.05) is 24.3 Å². The van der Waals surface area contributed by atoms with Crippen LogP contribution in [0.2, 0.25) is 0 Å². The van der Waals surface area contributed by atoms with Gasteiger partial charge in [-0.1, -0.05) is 0 Å². The summed E-state index contributed by atoms with van der Waals surface area (Å²) in [6.07, 6.45) is 1.43. The third kappa shape index (κ3) is 3.26. The molecule has 0 aliphatic heterocycles. The number of benzene rings is 3. The second-order valence-corrected chi connectivity index (χ2v) is 7.25. The van der Waals surface area contributed by atoms with E-state index in [-0.39, 0.29) is 5.91 Å². The SMILES string of the molecule is CN(C)c1ccc(C(=O)Nc2ccc3[nH]c(-c4ccc5ocnc5c4)nc3c2)cc1. The molecule has 3 aromatic carbocycles. The van der Waals surface area contributed by atoms with Crippen LogP contribution in [0.25, 0.3) is 33.5 Å². The number of hydrogen-bond donors (Lipinski definition) is 2. The Morgan fingerprint density at radius 1 is 1.00 bits per heavy atom. The Balaban J connectivity index is 1.40. The Morgan fingerprint density at radius 2 is 1.83 bits per heavy atom. The van der Waals surface area contributed by atoms with Crippen molar-refractivity contribution in [3.8, 4) is 11.4 Å². The third-order valence-electron chi connectivity index (χ3n) is 4.99. The molecule has 0 saturated heterocycles. The van der Waals surface area contributed by atoms with E-state index in [2.05, 4.69) is 20.3 Å². The van der Waals surface area contributed by atoms with Gasteiger partial charge in [-0.05, 0) is 60.7 Å². The molecule has 1 amide bonds. The van der Waals surface area contributed by atoms with Gasteiger partial charge in [0.1, 0.15) is 11.3 Å². The van der Waals surface area contributed by atoms with Gasteiger partial charge in [-0.2, -0.15) is 0 Å². The van der Waals surface area contributed by atoms with Crippen molar-refractivity contribution < 1.29 is 9.21 Å². The lowest BCUT2D eigenvalue weighted by Crippen LogP contribution is -2.13. The van der Waals surface area contributed by atoms with Crippen LogP contribution >= 0.6 is 0 Å². The van der Waals surface area contributed by atoms with Gasteiger partial charge in [-0.3, -0.25) is 4.79 Å². The highest BCUT2D eigenvalue weighted by Gasteiger charge is 2.11. The largest absolute Gasteiger partial charge is 0.443 e. The second kappa shape index (κ2) is 7.04. The molecule has 0 spiro atoms. The molecule has 5 aromatic rings. The standard InChI is InChI=1S/C23H19N5O2/c1-28(2)17-7-3-14(4-8-17)23(29)25-16-6-9-18-19(12-16)27-22(26-18)15-5-10-21-20(11-15)24-13-30-21/h3-13H,1-2H3,(H,25,29)(H,26,27). The summed E-state index contributed by atoms with van der Waals surface area (Å²) >= 11 is 0. The Kier molecular flexibility index (Phi) is 4.21. The van der Waals surface area contributed by atoms with E-state index < -0.39 is 0 Å². The van der Waals surface area contributed by atoms with Crippen molar-refractivity contribution in [1.29, 1.82) is 0 Å². The number of H-pyrrole nitrogens is 1. The minimum Gasteiger partial charge on any atom is -0.443 e. The van der Waals surface area contributed by atoms with E-state index in [4.69, 9.17) is 4.42 Å². The molecule has 0 atom stereocenters. The van der Waals surface area contributed by atoms with E-state index in [9.17, 15) is 4.79 Å². The summed E-state index contributed by atoms with van der Waals surface area (Å²) in [6, 6.07) is 18.8. The van der Waals surface area contributed by atoms with E-state index in [1.807, 2.05) is 79.7 Å². The molecule has 0 fully saturated rings. The van der Waals surface area contributed by atoms with Gasteiger partial charge in [-0.25, -0.2) is 9.97 Å². The fourth-order valence-corrected chi connectivity index (χ4v) is 3.34. The predicted molar refractivity (Wildman–Crippen MR) is 118 cm³/mol. The average Bonchev–Trinajstić information content (AvgIpc) is 3.39. The normalized spacial score (nSPS) is 11.1. The Bertz CT molecular complexity index is 1370. The van der Waals surface area contributed by atoms with Crippen LogP contribution in [0.5, 0.6) is 0 Å². The topological polar surface area (TPSA) is 87.0 Å². The number of aromatic nitrogens is 3. The average molecular weight is 397 g/mol. The summed E-state index contributed by atoms with van der Waals surface area (Å²) < 4.78 is 5.29. The molecule has 0 bridgehead atoms. The second-order valence-electron chi connectivity index (χ2n) is 7.25. The summed E-state index contributed by atoms with van der Waals surface area (Å²) in [5.41, 5.74) is 6.42. The smallest absolute Gasteiger partial charge is 0.255 e. The zero-order valence-electron chi connectivity index (χ0n) is 16.5. The fourth-order valence-electron chi connectivity index (χ4n) is 3.34. The van der Waals surface area contributed by atoms with E-state index >= 15 is 0 Å². The fraction of sp³-hybridized carbons (Fsp3) is 0.0870. The van der Waals surface area contributed by atoms with Crippen LogP contribution in [0.4, 0.5) is 11.4 Å². The monoisotopic (exact) mass is 397 g/mol. The summed E-state index contributed by atoms with van der Waals surface area (Å²) in [5, 5.41) is 2.94. The number of amides is 1. The number of aromatic amines is 1. The summed E-state index contributed by atoms with van der Waals surface area (Å²) in [6.45, 7) is 0. The molecule has 7 heteroatoms. The van der Waals surface area contributed by atoms with Crippen LogP contribution in [0.15, 0.2) is 71.5 Å². The van der Waals surface area contributed by atoms with Gasteiger partial charge in [0.15, 0.2) is 12.0 Å². The van der Waals surface area contributed by atoms with Crippen LogP contribution in [-0.2, 0) is 0 Å². The van der Waals surface area contributed by atoms with Crippen LogP contribution in [0.1, 0.15) is 10.4 Å². The van der Waals surface area contributed by atoms with Crippen molar-refractivity contribution in [3.63, 3.8) is 0 Å². The molecular weight excluding hydrogens is 378 g/mol. The summed E-state index contributed by atoms with van der Waals surface area (Å²) in [5.74, 6) is 0.574. The molecule has 2 aromatic heterocycles. The molecule has 0 aliphatic carbocycles. The lowest BCUT2D eigenvalue weighted by atomic mass is 10.2. The maximum Gasteiger partial charge on any atom is 0.255 e. The highest BCUT2D eigenvalue weighted by molar-refractivity contribution is 6.05. The first kappa shape index (κ1) is 17.9. The molecule has 0 aliphatic rings. The number of anilines is 2. The molecule has 2 N–H and O–H groups in total. The van der Waals surface area contributed by atoms with Crippen molar-refractivity contribution in [3.05, 3.63) is 72.6 Å². The Morgan fingerprint density at radius 3 is 2.63 bits per heavy atom. The van der Waals surface area contributed by atoms with Crippen LogP contribution < -0.4 is 10.2 Å². The molecular formula is C23H19N5O2. The number of carbonyl (C=O) groups excluding carboxylic acids is 1. The van der Waals surface area contributed by atoms with Gasteiger partial charge in [0.25, 0.3) is 5.91 Å². The third-order valence-corrected chi connectivity index (χ3v) is 4.99. The van der Waals surface area contributed by atoms with Gasteiger partial charge in [0.05, 0.1) is 11.0 Å². The molecule has 0 saturated carbocycles. The highest BCUT2D eigenvalue weighted by Crippen LogP contribution is 2.25. The number of oxazole rings is 1. The minimum absolute atomic E-state index is 0.160. The first-order chi connectivity index (χ1) is 14.6. The molecule has 0 unspecified atom stereocenters. The van der Waals surface area contributed by atoms with Gasteiger partial charge >= 0.3 is 0 Å². The first-order valence-corrected chi connectivity index (χ1v) is 9.49.